The molecule has 1 aliphatic carbocycles. The van der Waals surface area contributed by atoms with Crippen molar-refractivity contribution in [3.05, 3.63) is 34.9 Å². The third-order valence-electron chi connectivity index (χ3n) is 2.90. The minimum atomic E-state index is 0.123. The fraction of sp³-hybridized carbons (Fsp3) is 0.538. The summed E-state index contributed by atoms with van der Waals surface area (Å²) >= 11 is 9.46. The Hall–Kier alpha value is -0.0500. The Bertz CT molecular complexity index is 338. The van der Waals surface area contributed by atoms with E-state index in [0.717, 1.165) is 28.4 Å². The van der Waals surface area contributed by atoms with E-state index in [9.17, 15) is 0 Å². The molecule has 0 heterocycles. The van der Waals surface area contributed by atoms with Crippen LogP contribution in [0.1, 0.15) is 30.9 Å². The first-order valence-electron chi connectivity index (χ1n) is 5.72. The standard InChI is InChI=1S/C13H16BrClO/c14-9-13(16-7-6-10-4-5-10)11-2-1-3-12(15)8-11/h1-3,8,10,13H,4-7,9H2. The lowest BCUT2D eigenvalue weighted by Gasteiger charge is -2.16. The number of ether oxygens (including phenoxy) is 1. The van der Waals surface area contributed by atoms with Crippen molar-refractivity contribution >= 4 is 27.5 Å². The van der Waals surface area contributed by atoms with E-state index in [0.29, 0.717) is 0 Å². The Morgan fingerprint density at radius 1 is 1.44 bits per heavy atom. The van der Waals surface area contributed by atoms with Gasteiger partial charge in [-0.25, -0.2) is 0 Å². The van der Waals surface area contributed by atoms with Gasteiger partial charge in [-0.3, -0.25) is 0 Å². The van der Waals surface area contributed by atoms with E-state index in [1.165, 1.54) is 19.3 Å². The maximum Gasteiger partial charge on any atom is 0.0922 e. The van der Waals surface area contributed by atoms with Gasteiger partial charge in [0.25, 0.3) is 0 Å². The summed E-state index contributed by atoms with van der Waals surface area (Å²) in [5.74, 6) is 0.926. The van der Waals surface area contributed by atoms with Crippen LogP contribution in [0.3, 0.4) is 0 Å². The fourth-order valence-electron chi connectivity index (χ4n) is 1.72. The molecule has 0 saturated heterocycles. The van der Waals surface area contributed by atoms with E-state index in [2.05, 4.69) is 22.0 Å². The lowest BCUT2D eigenvalue weighted by atomic mass is 10.1. The van der Waals surface area contributed by atoms with E-state index in [1.54, 1.807) is 0 Å². The summed E-state index contributed by atoms with van der Waals surface area (Å²) in [6.45, 7) is 0.855. The van der Waals surface area contributed by atoms with Crippen LogP contribution in [0.2, 0.25) is 5.02 Å². The number of hydrogen-bond acceptors (Lipinski definition) is 1. The predicted octanol–water partition coefficient (Wildman–Crippen LogP) is 4.59. The zero-order valence-corrected chi connectivity index (χ0v) is 11.5. The highest BCUT2D eigenvalue weighted by Crippen LogP contribution is 2.33. The highest BCUT2D eigenvalue weighted by atomic mass is 79.9. The topological polar surface area (TPSA) is 9.23 Å². The second-order valence-corrected chi connectivity index (χ2v) is 5.38. The van der Waals surface area contributed by atoms with Gasteiger partial charge in [0.2, 0.25) is 0 Å². The van der Waals surface area contributed by atoms with E-state index in [1.807, 2.05) is 18.2 Å². The van der Waals surface area contributed by atoms with Crippen molar-refractivity contribution < 1.29 is 4.74 Å². The van der Waals surface area contributed by atoms with Gasteiger partial charge in [-0.15, -0.1) is 0 Å². The van der Waals surface area contributed by atoms with Crippen LogP contribution >= 0.6 is 27.5 Å². The monoisotopic (exact) mass is 302 g/mol. The van der Waals surface area contributed by atoms with Gasteiger partial charge in [-0.1, -0.05) is 52.5 Å². The van der Waals surface area contributed by atoms with Gasteiger partial charge in [0.05, 0.1) is 6.10 Å². The van der Waals surface area contributed by atoms with Crippen molar-refractivity contribution in [2.45, 2.75) is 25.4 Å². The first kappa shape index (κ1) is 12.4. The van der Waals surface area contributed by atoms with Gasteiger partial charge >= 0.3 is 0 Å². The molecule has 0 bridgehead atoms. The molecule has 0 aromatic heterocycles. The number of alkyl halides is 1. The maximum absolute atomic E-state index is 5.97. The molecule has 2 rings (SSSR count). The van der Waals surface area contributed by atoms with Crippen molar-refractivity contribution in [3.63, 3.8) is 0 Å². The maximum atomic E-state index is 5.97. The van der Waals surface area contributed by atoms with Crippen molar-refractivity contribution in [2.75, 3.05) is 11.9 Å². The predicted molar refractivity (Wildman–Crippen MR) is 71.3 cm³/mol. The van der Waals surface area contributed by atoms with Gasteiger partial charge in [0, 0.05) is 17.0 Å². The highest BCUT2D eigenvalue weighted by molar-refractivity contribution is 9.09. The van der Waals surface area contributed by atoms with Crippen LogP contribution in [0.5, 0.6) is 0 Å². The number of benzene rings is 1. The molecule has 3 heteroatoms. The highest BCUT2D eigenvalue weighted by Gasteiger charge is 2.21. The summed E-state index contributed by atoms with van der Waals surface area (Å²) < 4.78 is 5.88. The number of halogens is 2. The Balaban J connectivity index is 1.87. The van der Waals surface area contributed by atoms with E-state index in [-0.39, 0.29) is 6.10 Å². The summed E-state index contributed by atoms with van der Waals surface area (Å²) in [5.41, 5.74) is 1.15. The van der Waals surface area contributed by atoms with Crippen LogP contribution in [0, 0.1) is 5.92 Å². The van der Waals surface area contributed by atoms with Crippen LogP contribution in [0.25, 0.3) is 0 Å². The van der Waals surface area contributed by atoms with Gasteiger partial charge in [0.1, 0.15) is 0 Å². The van der Waals surface area contributed by atoms with Crippen LogP contribution in [-0.2, 0) is 4.74 Å². The summed E-state index contributed by atoms with van der Waals surface area (Å²) in [5, 5.41) is 1.59. The Labute approximate surface area is 110 Å². The first-order chi connectivity index (χ1) is 7.79. The summed E-state index contributed by atoms with van der Waals surface area (Å²) in [7, 11) is 0. The minimum absolute atomic E-state index is 0.123. The summed E-state index contributed by atoms with van der Waals surface area (Å²) in [4.78, 5) is 0. The molecule has 0 spiro atoms. The van der Waals surface area contributed by atoms with Gasteiger partial charge in [0.15, 0.2) is 0 Å². The molecule has 1 aromatic carbocycles. The minimum Gasteiger partial charge on any atom is -0.373 e. The van der Waals surface area contributed by atoms with E-state index < -0.39 is 0 Å². The van der Waals surface area contributed by atoms with Crippen molar-refractivity contribution in [3.8, 4) is 0 Å². The fourth-order valence-corrected chi connectivity index (χ4v) is 2.48. The van der Waals surface area contributed by atoms with Crippen molar-refractivity contribution in [1.82, 2.24) is 0 Å². The zero-order chi connectivity index (χ0) is 11.4. The Kier molecular flexibility index (Phi) is 4.68. The van der Waals surface area contributed by atoms with E-state index >= 15 is 0 Å². The second-order valence-electron chi connectivity index (χ2n) is 4.30. The van der Waals surface area contributed by atoms with Crippen LogP contribution < -0.4 is 0 Å². The molecule has 0 radical (unpaired) electrons. The quantitative estimate of drug-likeness (QED) is 0.698. The average molecular weight is 304 g/mol. The molecular formula is C13H16BrClO. The molecule has 1 fully saturated rings. The molecule has 1 nitrogen and oxygen atoms in total. The second kappa shape index (κ2) is 6.04. The third-order valence-corrected chi connectivity index (χ3v) is 3.73. The molecule has 88 valence electrons. The molecule has 16 heavy (non-hydrogen) atoms. The van der Waals surface area contributed by atoms with Gasteiger partial charge < -0.3 is 4.74 Å². The van der Waals surface area contributed by atoms with Crippen LogP contribution in [0.15, 0.2) is 24.3 Å². The van der Waals surface area contributed by atoms with Crippen LogP contribution in [-0.4, -0.2) is 11.9 Å². The molecule has 1 aromatic rings. The van der Waals surface area contributed by atoms with E-state index in [4.69, 9.17) is 16.3 Å². The van der Waals surface area contributed by atoms with Crippen LogP contribution in [0.4, 0.5) is 0 Å². The van der Waals surface area contributed by atoms with Gasteiger partial charge in [-0.2, -0.15) is 0 Å². The Morgan fingerprint density at radius 2 is 2.25 bits per heavy atom. The molecule has 1 atom stereocenters. The third kappa shape index (κ3) is 3.76. The zero-order valence-electron chi connectivity index (χ0n) is 9.16. The molecule has 0 amide bonds. The largest absolute Gasteiger partial charge is 0.373 e. The van der Waals surface area contributed by atoms with Crippen molar-refractivity contribution in [1.29, 1.82) is 0 Å². The Morgan fingerprint density at radius 3 is 2.88 bits per heavy atom. The summed E-state index contributed by atoms with van der Waals surface area (Å²) in [6, 6.07) is 7.90. The molecule has 1 saturated carbocycles. The smallest absolute Gasteiger partial charge is 0.0922 e. The molecule has 0 N–H and O–H groups in total. The van der Waals surface area contributed by atoms with Gasteiger partial charge in [-0.05, 0) is 30.0 Å². The lowest BCUT2D eigenvalue weighted by molar-refractivity contribution is 0.0654. The van der Waals surface area contributed by atoms with Crippen molar-refractivity contribution in [2.24, 2.45) is 5.92 Å². The molecule has 1 aliphatic rings. The normalized spacial score (nSPS) is 17.4. The molecule has 1 unspecified atom stereocenters. The number of hydrogen-bond donors (Lipinski definition) is 0. The lowest BCUT2D eigenvalue weighted by Crippen LogP contribution is -2.07. The average Bonchev–Trinajstić information content (AvgIpc) is 3.08. The number of rotatable bonds is 6. The SMILES string of the molecule is Clc1cccc(C(CBr)OCCC2CC2)c1. The molecule has 0 aliphatic heterocycles. The molecular weight excluding hydrogens is 287 g/mol. The summed E-state index contributed by atoms with van der Waals surface area (Å²) in [6.07, 6.45) is 4.10. The first-order valence-corrected chi connectivity index (χ1v) is 7.22.